The summed E-state index contributed by atoms with van der Waals surface area (Å²) in [5.74, 6) is -0.589. The summed E-state index contributed by atoms with van der Waals surface area (Å²) in [5.41, 5.74) is 1.13. The van der Waals surface area contributed by atoms with Gasteiger partial charge in [-0.1, -0.05) is 35.5 Å². The van der Waals surface area contributed by atoms with Crippen molar-refractivity contribution >= 4 is 11.7 Å². The maximum Gasteiger partial charge on any atom is 0.355 e. The van der Waals surface area contributed by atoms with E-state index in [2.05, 4.69) is 9.89 Å². The maximum atomic E-state index is 11.1. The summed E-state index contributed by atoms with van der Waals surface area (Å²) in [6, 6.07) is 9.66. The predicted octanol–water partition coefficient (Wildman–Crippen LogP) is 1.62. The molecule has 0 fully saturated rings. The number of oxime groups is 1. The number of hydrogen-bond donors (Lipinski definition) is 1. The first kappa shape index (κ1) is 11.2. The Morgan fingerprint density at radius 1 is 1.40 bits per heavy atom. The maximum absolute atomic E-state index is 11.1. The molecule has 1 aromatic carbocycles. The van der Waals surface area contributed by atoms with Crippen molar-refractivity contribution in [3.8, 4) is 0 Å². The van der Waals surface area contributed by atoms with Crippen LogP contribution in [0.2, 0.25) is 0 Å². The standard InChI is InChI=1S/C11H13NO3/c1-15-11(13)10(12-14)8-7-9-5-3-2-4-6-9/h2-6,14H,7-8H2,1H3/b12-10-. The lowest BCUT2D eigenvalue weighted by atomic mass is 10.1. The van der Waals surface area contributed by atoms with Crippen LogP contribution in [0.15, 0.2) is 35.5 Å². The third-order valence-electron chi connectivity index (χ3n) is 2.04. The molecule has 0 aromatic heterocycles. The Labute approximate surface area is 88.2 Å². The number of esters is 1. The van der Waals surface area contributed by atoms with Gasteiger partial charge in [-0.15, -0.1) is 0 Å². The fourth-order valence-corrected chi connectivity index (χ4v) is 1.22. The summed E-state index contributed by atoms with van der Waals surface area (Å²) >= 11 is 0. The molecule has 4 nitrogen and oxygen atoms in total. The van der Waals surface area contributed by atoms with Gasteiger partial charge in [-0.2, -0.15) is 0 Å². The molecule has 0 unspecified atom stereocenters. The molecule has 1 rings (SSSR count). The van der Waals surface area contributed by atoms with Gasteiger partial charge in [0.05, 0.1) is 7.11 Å². The van der Waals surface area contributed by atoms with Crippen LogP contribution in [0, 0.1) is 0 Å². The highest BCUT2D eigenvalue weighted by Crippen LogP contribution is 2.04. The van der Waals surface area contributed by atoms with E-state index in [9.17, 15) is 4.79 Å². The van der Waals surface area contributed by atoms with Gasteiger partial charge in [0.2, 0.25) is 0 Å². The number of ether oxygens (including phenoxy) is 1. The molecule has 0 spiro atoms. The number of hydrogen-bond acceptors (Lipinski definition) is 4. The van der Waals surface area contributed by atoms with E-state index >= 15 is 0 Å². The molecule has 0 atom stereocenters. The van der Waals surface area contributed by atoms with Crippen LogP contribution in [0.5, 0.6) is 0 Å². The van der Waals surface area contributed by atoms with Crippen LogP contribution >= 0.6 is 0 Å². The second kappa shape index (κ2) is 5.80. The zero-order chi connectivity index (χ0) is 11.1. The first-order chi connectivity index (χ1) is 7.27. The van der Waals surface area contributed by atoms with Gasteiger partial charge in [0.15, 0.2) is 5.71 Å². The van der Waals surface area contributed by atoms with E-state index < -0.39 is 5.97 Å². The summed E-state index contributed by atoms with van der Waals surface area (Å²) in [6.07, 6.45) is 1.02. The monoisotopic (exact) mass is 207 g/mol. The first-order valence-electron chi connectivity index (χ1n) is 4.61. The highest BCUT2D eigenvalue weighted by atomic mass is 16.5. The SMILES string of the molecule is COC(=O)/C(CCc1ccccc1)=N\O. The molecule has 1 aromatic rings. The Bertz CT molecular complexity index is 346. The van der Waals surface area contributed by atoms with Crippen molar-refractivity contribution < 1.29 is 14.7 Å². The summed E-state index contributed by atoms with van der Waals surface area (Å²) in [6.45, 7) is 0. The number of carbonyl (C=O) groups excluding carboxylic acids is 1. The van der Waals surface area contributed by atoms with E-state index in [1.807, 2.05) is 30.3 Å². The van der Waals surface area contributed by atoms with Crippen LogP contribution in [0.25, 0.3) is 0 Å². The van der Waals surface area contributed by atoms with Crippen LogP contribution < -0.4 is 0 Å². The third kappa shape index (κ3) is 3.42. The van der Waals surface area contributed by atoms with Gasteiger partial charge >= 0.3 is 5.97 Å². The van der Waals surface area contributed by atoms with Crippen molar-refractivity contribution in [3.05, 3.63) is 35.9 Å². The van der Waals surface area contributed by atoms with E-state index in [-0.39, 0.29) is 5.71 Å². The minimum absolute atomic E-state index is 0.0429. The Hall–Kier alpha value is -1.84. The highest BCUT2D eigenvalue weighted by molar-refractivity contribution is 6.36. The van der Waals surface area contributed by atoms with Gasteiger partial charge in [0.25, 0.3) is 0 Å². The van der Waals surface area contributed by atoms with Gasteiger partial charge in [-0.3, -0.25) is 0 Å². The van der Waals surface area contributed by atoms with Crippen molar-refractivity contribution in [1.29, 1.82) is 0 Å². The van der Waals surface area contributed by atoms with Gasteiger partial charge < -0.3 is 9.94 Å². The number of nitrogens with zero attached hydrogens (tertiary/aromatic N) is 1. The minimum Gasteiger partial charge on any atom is -0.464 e. The van der Waals surface area contributed by atoms with Gasteiger partial charge in [0, 0.05) is 6.42 Å². The van der Waals surface area contributed by atoms with Crippen molar-refractivity contribution in [1.82, 2.24) is 0 Å². The van der Waals surface area contributed by atoms with Crippen molar-refractivity contribution in [3.63, 3.8) is 0 Å². The average Bonchev–Trinajstić information content (AvgIpc) is 2.31. The Morgan fingerprint density at radius 3 is 2.60 bits per heavy atom. The van der Waals surface area contributed by atoms with Crippen molar-refractivity contribution in [2.24, 2.45) is 5.16 Å². The summed E-state index contributed by atoms with van der Waals surface area (Å²) in [7, 11) is 1.26. The van der Waals surface area contributed by atoms with Gasteiger partial charge in [-0.25, -0.2) is 4.79 Å². The van der Waals surface area contributed by atoms with E-state index in [0.29, 0.717) is 12.8 Å². The van der Waals surface area contributed by atoms with Crippen LogP contribution in [-0.2, 0) is 16.0 Å². The number of aryl methyl sites for hydroxylation is 1. The summed E-state index contributed by atoms with van der Waals surface area (Å²) in [5, 5.41) is 11.5. The largest absolute Gasteiger partial charge is 0.464 e. The molecule has 0 bridgehead atoms. The fourth-order valence-electron chi connectivity index (χ4n) is 1.22. The molecule has 0 saturated heterocycles. The lowest BCUT2D eigenvalue weighted by molar-refractivity contribution is -0.133. The first-order valence-corrected chi connectivity index (χ1v) is 4.61. The van der Waals surface area contributed by atoms with E-state index in [4.69, 9.17) is 5.21 Å². The Kier molecular flexibility index (Phi) is 4.34. The number of benzene rings is 1. The average molecular weight is 207 g/mol. The fraction of sp³-hybridized carbons (Fsp3) is 0.273. The van der Waals surface area contributed by atoms with Crippen LogP contribution in [0.1, 0.15) is 12.0 Å². The molecule has 15 heavy (non-hydrogen) atoms. The molecule has 0 aliphatic carbocycles. The lowest BCUT2D eigenvalue weighted by Crippen LogP contribution is -2.16. The molecule has 80 valence electrons. The van der Waals surface area contributed by atoms with Crippen molar-refractivity contribution in [2.45, 2.75) is 12.8 Å². The smallest absolute Gasteiger partial charge is 0.355 e. The normalized spacial score (nSPS) is 11.1. The molecule has 0 heterocycles. The molecular formula is C11H13NO3. The topological polar surface area (TPSA) is 58.9 Å². The molecule has 4 heteroatoms. The summed E-state index contributed by atoms with van der Waals surface area (Å²) in [4.78, 5) is 11.1. The zero-order valence-electron chi connectivity index (χ0n) is 8.51. The Morgan fingerprint density at radius 2 is 2.07 bits per heavy atom. The molecule has 1 N–H and O–H groups in total. The molecule has 0 radical (unpaired) electrons. The number of rotatable bonds is 4. The van der Waals surface area contributed by atoms with Gasteiger partial charge in [-0.05, 0) is 12.0 Å². The second-order valence-corrected chi connectivity index (χ2v) is 3.02. The molecule has 0 aliphatic rings. The third-order valence-corrected chi connectivity index (χ3v) is 2.04. The minimum atomic E-state index is -0.589. The van der Waals surface area contributed by atoms with E-state index in [1.54, 1.807) is 0 Å². The lowest BCUT2D eigenvalue weighted by Gasteiger charge is -2.02. The molecule has 0 amide bonds. The zero-order valence-corrected chi connectivity index (χ0v) is 8.51. The van der Waals surface area contributed by atoms with Crippen molar-refractivity contribution in [2.75, 3.05) is 7.11 Å². The Balaban J connectivity index is 2.53. The van der Waals surface area contributed by atoms with E-state index in [1.165, 1.54) is 7.11 Å². The number of methoxy groups -OCH3 is 1. The number of carbonyl (C=O) groups is 1. The highest BCUT2D eigenvalue weighted by Gasteiger charge is 2.11. The second-order valence-electron chi connectivity index (χ2n) is 3.02. The van der Waals surface area contributed by atoms with Crippen LogP contribution in [-0.4, -0.2) is 24.0 Å². The van der Waals surface area contributed by atoms with Gasteiger partial charge in [0.1, 0.15) is 0 Å². The van der Waals surface area contributed by atoms with Crippen LogP contribution in [0.4, 0.5) is 0 Å². The molecular weight excluding hydrogens is 194 g/mol. The molecule has 0 saturated carbocycles. The molecule has 0 aliphatic heterocycles. The summed E-state index contributed by atoms with van der Waals surface area (Å²) < 4.78 is 4.46. The van der Waals surface area contributed by atoms with Crippen LogP contribution in [0.3, 0.4) is 0 Å². The van der Waals surface area contributed by atoms with E-state index in [0.717, 1.165) is 5.56 Å². The predicted molar refractivity (Wildman–Crippen MR) is 56.0 cm³/mol. The quantitative estimate of drug-likeness (QED) is 0.353.